The first-order valence-electron chi connectivity index (χ1n) is 7.73. The van der Waals surface area contributed by atoms with Crippen molar-refractivity contribution in [1.29, 1.82) is 0 Å². The van der Waals surface area contributed by atoms with Crippen LogP contribution in [0.15, 0.2) is 24.3 Å². The highest BCUT2D eigenvalue weighted by atomic mass is 35.5. The first kappa shape index (κ1) is 16.0. The molecule has 4 heteroatoms. The first-order chi connectivity index (χ1) is 10.2. The van der Waals surface area contributed by atoms with Crippen molar-refractivity contribution in [1.82, 2.24) is 4.90 Å². The third-order valence-electron chi connectivity index (χ3n) is 3.94. The molecule has 1 amide bonds. The van der Waals surface area contributed by atoms with Crippen molar-refractivity contribution < 1.29 is 9.59 Å². The summed E-state index contributed by atoms with van der Waals surface area (Å²) in [5, 5.41) is 0.614. The molecular weight excluding hydrogens is 286 g/mol. The first-order valence-corrected chi connectivity index (χ1v) is 8.11. The van der Waals surface area contributed by atoms with Crippen LogP contribution < -0.4 is 0 Å². The fourth-order valence-corrected chi connectivity index (χ4v) is 2.78. The molecule has 21 heavy (non-hydrogen) atoms. The Bertz CT molecular complexity index is 476. The molecule has 1 heterocycles. The van der Waals surface area contributed by atoms with Gasteiger partial charge in [-0.05, 0) is 37.1 Å². The van der Waals surface area contributed by atoms with Crippen LogP contribution in [0.3, 0.4) is 0 Å². The SMILES string of the molecule is O=C(CCC(=O)N1CCCCCCC1)c1ccc(Cl)cc1. The summed E-state index contributed by atoms with van der Waals surface area (Å²) in [5.74, 6) is 0.117. The Kier molecular flexibility index (Phi) is 6.24. The van der Waals surface area contributed by atoms with Crippen LogP contribution in [-0.4, -0.2) is 29.7 Å². The molecule has 0 saturated carbocycles. The fraction of sp³-hybridized carbons (Fsp3) is 0.529. The Hall–Kier alpha value is -1.35. The fourth-order valence-electron chi connectivity index (χ4n) is 2.66. The van der Waals surface area contributed by atoms with Crippen molar-refractivity contribution in [2.24, 2.45) is 0 Å². The summed E-state index contributed by atoms with van der Waals surface area (Å²) in [6.07, 6.45) is 6.42. The predicted octanol–water partition coefficient (Wildman–Crippen LogP) is 4.10. The van der Waals surface area contributed by atoms with Crippen LogP contribution in [0.25, 0.3) is 0 Å². The van der Waals surface area contributed by atoms with E-state index in [0.717, 1.165) is 25.9 Å². The van der Waals surface area contributed by atoms with Gasteiger partial charge in [0.15, 0.2) is 5.78 Å². The third kappa shape index (κ3) is 5.16. The summed E-state index contributed by atoms with van der Waals surface area (Å²) in [5.41, 5.74) is 0.625. The minimum Gasteiger partial charge on any atom is -0.343 e. The highest BCUT2D eigenvalue weighted by Crippen LogP contribution is 2.14. The second kappa shape index (κ2) is 8.18. The third-order valence-corrected chi connectivity index (χ3v) is 4.19. The van der Waals surface area contributed by atoms with Gasteiger partial charge in [-0.15, -0.1) is 0 Å². The van der Waals surface area contributed by atoms with Crippen molar-refractivity contribution >= 4 is 23.3 Å². The lowest BCUT2D eigenvalue weighted by molar-refractivity contribution is -0.131. The minimum atomic E-state index is 0.00654. The molecule has 1 aromatic rings. The number of carbonyl (C=O) groups is 2. The lowest BCUT2D eigenvalue weighted by Crippen LogP contribution is -2.33. The van der Waals surface area contributed by atoms with Crippen LogP contribution in [-0.2, 0) is 4.79 Å². The maximum Gasteiger partial charge on any atom is 0.223 e. The number of amides is 1. The quantitative estimate of drug-likeness (QED) is 0.785. The summed E-state index contributed by atoms with van der Waals surface area (Å²) in [7, 11) is 0. The molecule has 0 atom stereocenters. The van der Waals surface area contributed by atoms with Crippen LogP contribution in [0.1, 0.15) is 55.3 Å². The van der Waals surface area contributed by atoms with Gasteiger partial charge in [0.05, 0.1) is 0 Å². The van der Waals surface area contributed by atoms with E-state index in [1.165, 1.54) is 19.3 Å². The molecule has 1 fully saturated rings. The van der Waals surface area contributed by atoms with Gasteiger partial charge in [-0.3, -0.25) is 9.59 Å². The highest BCUT2D eigenvalue weighted by Gasteiger charge is 2.16. The lowest BCUT2D eigenvalue weighted by atomic mass is 10.1. The van der Waals surface area contributed by atoms with E-state index in [-0.39, 0.29) is 18.1 Å². The Morgan fingerprint density at radius 3 is 2.10 bits per heavy atom. The normalized spacial score (nSPS) is 16.1. The molecule has 0 aromatic heterocycles. The Morgan fingerprint density at radius 2 is 1.48 bits per heavy atom. The molecule has 0 spiro atoms. The van der Waals surface area contributed by atoms with Crippen molar-refractivity contribution in [2.75, 3.05) is 13.1 Å². The summed E-state index contributed by atoms with van der Waals surface area (Å²) in [6, 6.07) is 6.83. The minimum absolute atomic E-state index is 0.00654. The standard InChI is InChI=1S/C17H22ClNO2/c18-15-8-6-14(7-9-15)16(20)10-11-17(21)19-12-4-2-1-3-5-13-19/h6-9H,1-5,10-13H2. The number of halogens is 1. The van der Waals surface area contributed by atoms with Crippen LogP contribution in [0.4, 0.5) is 0 Å². The number of carbonyl (C=O) groups excluding carboxylic acids is 2. The molecule has 1 saturated heterocycles. The smallest absolute Gasteiger partial charge is 0.223 e. The van der Waals surface area contributed by atoms with Crippen LogP contribution >= 0.6 is 11.6 Å². The molecule has 0 radical (unpaired) electrons. The van der Waals surface area contributed by atoms with E-state index in [1.54, 1.807) is 24.3 Å². The zero-order valence-corrected chi connectivity index (χ0v) is 13.1. The largest absolute Gasteiger partial charge is 0.343 e. The molecule has 0 unspecified atom stereocenters. The Balaban J connectivity index is 1.82. The second-order valence-electron chi connectivity index (χ2n) is 5.58. The molecule has 1 aliphatic heterocycles. The molecule has 3 nitrogen and oxygen atoms in total. The van der Waals surface area contributed by atoms with E-state index in [0.29, 0.717) is 17.0 Å². The summed E-state index contributed by atoms with van der Waals surface area (Å²) in [4.78, 5) is 26.2. The van der Waals surface area contributed by atoms with Gasteiger partial charge in [-0.2, -0.15) is 0 Å². The van der Waals surface area contributed by atoms with Crippen molar-refractivity contribution in [3.05, 3.63) is 34.9 Å². The molecule has 114 valence electrons. The number of hydrogen-bond donors (Lipinski definition) is 0. The Morgan fingerprint density at radius 1 is 0.905 bits per heavy atom. The van der Waals surface area contributed by atoms with E-state index < -0.39 is 0 Å². The van der Waals surface area contributed by atoms with E-state index in [1.807, 2.05) is 4.90 Å². The topological polar surface area (TPSA) is 37.4 Å². The van der Waals surface area contributed by atoms with E-state index in [9.17, 15) is 9.59 Å². The van der Waals surface area contributed by atoms with Gasteiger partial charge < -0.3 is 4.90 Å². The number of Topliss-reactive ketones (excluding diaryl/α,β-unsaturated/α-hetero) is 1. The van der Waals surface area contributed by atoms with Crippen LogP contribution in [0.2, 0.25) is 5.02 Å². The van der Waals surface area contributed by atoms with E-state index >= 15 is 0 Å². The molecule has 0 bridgehead atoms. The summed E-state index contributed by atoms with van der Waals surface area (Å²) >= 11 is 5.80. The second-order valence-corrected chi connectivity index (χ2v) is 6.02. The number of nitrogens with zero attached hydrogens (tertiary/aromatic N) is 1. The van der Waals surface area contributed by atoms with Crippen LogP contribution in [0, 0.1) is 0 Å². The molecule has 0 aliphatic carbocycles. The van der Waals surface area contributed by atoms with E-state index in [2.05, 4.69) is 0 Å². The van der Waals surface area contributed by atoms with Gasteiger partial charge in [0.1, 0.15) is 0 Å². The number of rotatable bonds is 4. The summed E-state index contributed by atoms with van der Waals surface area (Å²) < 4.78 is 0. The predicted molar refractivity (Wildman–Crippen MR) is 84.7 cm³/mol. The number of benzene rings is 1. The van der Waals surface area contributed by atoms with Gasteiger partial charge in [0, 0.05) is 36.5 Å². The van der Waals surface area contributed by atoms with Crippen molar-refractivity contribution in [3.63, 3.8) is 0 Å². The summed E-state index contributed by atoms with van der Waals surface area (Å²) in [6.45, 7) is 1.68. The average molecular weight is 308 g/mol. The monoisotopic (exact) mass is 307 g/mol. The zero-order chi connectivity index (χ0) is 15.1. The zero-order valence-electron chi connectivity index (χ0n) is 12.3. The molecule has 2 rings (SSSR count). The van der Waals surface area contributed by atoms with Crippen LogP contribution in [0.5, 0.6) is 0 Å². The Labute approximate surface area is 131 Å². The van der Waals surface area contributed by atoms with Gasteiger partial charge in [-0.25, -0.2) is 0 Å². The molecule has 1 aliphatic rings. The maximum absolute atomic E-state index is 12.2. The van der Waals surface area contributed by atoms with Crippen molar-refractivity contribution in [2.45, 2.75) is 44.9 Å². The number of hydrogen-bond acceptors (Lipinski definition) is 2. The highest BCUT2D eigenvalue weighted by molar-refractivity contribution is 6.30. The van der Waals surface area contributed by atoms with Gasteiger partial charge in [-0.1, -0.05) is 30.9 Å². The van der Waals surface area contributed by atoms with E-state index in [4.69, 9.17) is 11.6 Å². The average Bonchev–Trinajstić information content (AvgIpc) is 2.45. The van der Waals surface area contributed by atoms with Gasteiger partial charge in [0.2, 0.25) is 5.91 Å². The van der Waals surface area contributed by atoms with Gasteiger partial charge in [0.25, 0.3) is 0 Å². The molecule has 1 aromatic carbocycles. The molecular formula is C17H22ClNO2. The van der Waals surface area contributed by atoms with Crippen molar-refractivity contribution in [3.8, 4) is 0 Å². The number of likely N-dealkylation sites (tertiary alicyclic amines) is 1. The maximum atomic E-state index is 12.2. The van der Waals surface area contributed by atoms with Gasteiger partial charge >= 0.3 is 0 Å². The molecule has 0 N–H and O–H groups in total. The number of ketones is 1. The lowest BCUT2D eigenvalue weighted by Gasteiger charge is -2.24.